The van der Waals surface area contributed by atoms with Crippen LogP contribution >= 0.6 is 0 Å². The molecular weight excluding hydrogens is 801 g/mol. The van der Waals surface area contributed by atoms with E-state index in [0.717, 1.165) is 67.8 Å². The predicted molar refractivity (Wildman–Crippen MR) is 235 cm³/mol. The predicted octanol–water partition coefficient (Wildman–Crippen LogP) is 7.71. The molecule has 15 nitrogen and oxygen atoms in total. The lowest BCUT2D eigenvalue weighted by atomic mass is 9.97. The average Bonchev–Trinajstić information content (AvgIpc) is 4.16. The topological polar surface area (TPSA) is 189 Å². The van der Waals surface area contributed by atoms with Crippen molar-refractivity contribution >= 4 is 50.7 Å². The summed E-state index contributed by atoms with van der Waals surface area (Å²) >= 11 is 0. The van der Waals surface area contributed by atoms with Crippen molar-refractivity contribution in [2.75, 3.05) is 27.3 Å². The Labute approximate surface area is 363 Å². The van der Waals surface area contributed by atoms with Crippen molar-refractivity contribution in [1.29, 1.82) is 0 Å². The van der Waals surface area contributed by atoms with E-state index in [-0.39, 0.29) is 11.9 Å². The number of alkyl carbamates (subject to hydrolysis) is 1. The molecule has 2 saturated heterocycles. The van der Waals surface area contributed by atoms with Gasteiger partial charge in [-0.3, -0.25) is 4.79 Å². The number of carbonyl (C=O) groups excluding carboxylic acids is 3. The average molecular weight is 851 g/mol. The number of fused-ring (bicyclic) bond motifs is 4. The number of aromatic amines is 2. The Balaban J connectivity index is 0.938. The number of carboxylic acid groups (broad SMARTS) is 1. The van der Waals surface area contributed by atoms with Crippen LogP contribution in [0.4, 0.5) is 9.59 Å². The van der Waals surface area contributed by atoms with Crippen LogP contribution in [-0.2, 0) is 14.3 Å². The van der Waals surface area contributed by atoms with Crippen molar-refractivity contribution in [2.45, 2.75) is 69.8 Å². The molecule has 0 aliphatic carbocycles. The minimum Gasteiger partial charge on any atom is -0.494 e. The number of quaternary nitrogens is 1. The van der Waals surface area contributed by atoms with Gasteiger partial charge in [-0.2, -0.15) is 5.21 Å². The highest BCUT2D eigenvalue weighted by Crippen LogP contribution is 2.41. The van der Waals surface area contributed by atoms with Gasteiger partial charge in [0.1, 0.15) is 23.7 Å². The summed E-state index contributed by atoms with van der Waals surface area (Å²) < 4.78 is 8.85. The first-order valence-corrected chi connectivity index (χ1v) is 21.3. The highest BCUT2D eigenvalue weighted by molar-refractivity contribution is 6.05. The van der Waals surface area contributed by atoms with Gasteiger partial charge < -0.3 is 39.6 Å². The van der Waals surface area contributed by atoms with Crippen LogP contribution in [0.3, 0.4) is 0 Å². The van der Waals surface area contributed by atoms with Gasteiger partial charge in [0.05, 0.1) is 48.7 Å². The molecule has 2 aliphatic heterocycles. The Morgan fingerprint density at radius 3 is 2.22 bits per heavy atom. The van der Waals surface area contributed by atoms with Crippen molar-refractivity contribution < 1.29 is 38.9 Å². The fourth-order valence-electron chi connectivity index (χ4n) is 9.43. The fourth-order valence-corrected chi connectivity index (χ4v) is 9.43. The molecular formula is C48H50N8O7. The Bertz CT molecular complexity index is 2840. The van der Waals surface area contributed by atoms with Crippen LogP contribution in [-0.4, -0.2) is 97.4 Å². The van der Waals surface area contributed by atoms with Crippen LogP contribution in [0.1, 0.15) is 74.9 Å². The molecule has 2 fully saturated rings. The minimum absolute atomic E-state index is 0.249. The molecule has 4 N–H and O–H groups in total. The number of nitrogens with zero attached hydrogens (tertiary/aromatic N) is 5. The number of aromatic nitrogens is 4. The number of hydrogen-bond donors (Lipinski definition) is 4. The number of benzene rings is 5. The molecule has 2 aliphatic rings. The molecule has 5 aromatic carbocycles. The van der Waals surface area contributed by atoms with Crippen LogP contribution < -0.4 is 10.4 Å². The van der Waals surface area contributed by atoms with Gasteiger partial charge in [-0.1, -0.05) is 77.6 Å². The van der Waals surface area contributed by atoms with Crippen LogP contribution in [0, 0.1) is 0 Å². The number of carbonyl (C=O) groups is 3. The summed E-state index contributed by atoms with van der Waals surface area (Å²) in [6.07, 6.45) is 1.76. The highest BCUT2D eigenvalue weighted by atomic mass is 16.7. The third-order valence-electron chi connectivity index (χ3n) is 13.0. The maximum Gasteiger partial charge on any atom is 0.407 e. The van der Waals surface area contributed by atoms with E-state index >= 15 is 0 Å². The molecule has 6 atom stereocenters. The van der Waals surface area contributed by atoms with E-state index in [0.29, 0.717) is 43.1 Å². The Morgan fingerprint density at radius 2 is 1.49 bits per heavy atom. The standard InChI is InChI=1S/C48H50N8O7/c1-28(30-10-6-5-7-11-30)56(61,48(59)60)55-23-9-13-41(55)44-49-27-39(51-44)36-17-16-32-24-31(14-15-33(32)26-36)34-18-20-37-35(25-34)19-21-38-43(37)52-45(50-38)40-12-8-22-54(40)46(57)42(29(2)62-3)53-47(58)63-4/h5-7,10-11,14-21,24-29,40-42,61H,8-9,12-13,22-23H2,1-4H3,(H3-,49,50,51,52,53,58,59,60)/t28?,29-,40?,41?,42+,56?/m1/s1. The molecule has 0 spiro atoms. The first-order valence-electron chi connectivity index (χ1n) is 21.3. The molecule has 0 bridgehead atoms. The van der Waals surface area contributed by atoms with E-state index < -0.39 is 41.2 Å². The van der Waals surface area contributed by atoms with Crippen LogP contribution in [0.15, 0.2) is 103 Å². The third kappa shape index (κ3) is 7.56. The van der Waals surface area contributed by atoms with Crippen LogP contribution in [0.2, 0.25) is 0 Å². The molecule has 15 heteroatoms. The van der Waals surface area contributed by atoms with Gasteiger partial charge in [0, 0.05) is 30.2 Å². The monoisotopic (exact) mass is 850 g/mol. The number of nitrogens with one attached hydrogen (secondary N) is 3. The van der Waals surface area contributed by atoms with Gasteiger partial charge in [-0.25, -0.2) is 14.8 Å². The quantitative estimate of drug-likeness (QED) is 0.0570. The van der Waals surface area contributed by atoms with Crippen molar-refractivity contribution in [1.82, 2.24) is 35.2 Å². The zero-order chi connectivity index (χ0) is 44.0. The second-order valence-corrected chi connectivity index (χ2v) is 16.5. The molecule has 63 heavy (non-hydrogen) atoms. The van der Waals surface area contributed by atoms with E-state index in [9.17, 15) is 24.7 Å². The number of hydrogen-bond acceptors (Lipinski definition) is 10. The molecule has 4 heterocycles. The number of rotatable bonds is 11. The first-order chi connectivity index (χ1) is 30.5. The summed E-state index contributed by atoms with van der Waals surface area (Å²) in [5.41, 5.74) is 6.24. The number of methoxy groups -OCH3 is 2. The molecule has 0 saturated carbocycles. The Kier molecular flexibility index (Phi) is 11.2. The third-order valence-corrected chi connectivity index (χ3v) is 13.0. The molecule has 7 aromatic rings. The number of likely N-dealkylation sites (tertiary alicyclic amines) is 1. The Hall–Kier alpha value is -6.65. The second-order valence-electron chi connectivity index (χ2n) is 16.5. The summed E-state index contributed by atoms with van der Waals surface area (Å²) in [6, 6.07) is 29.7. The second kappa shape index (κ2) is 16.9. The number of amides is 3. The summed E-state index contributed by atoms with van der Waals surface area (Å²) in [7, 11) is 2.76. The molecule has 2 aromatic heterocycles. The van der Waals surface area contributed by atoms with Crippen LogP contribution in [0.5, 0.6) is 0 Å². The number of imidazole rings is 2. The maximum atomic E-state index is 13.8. The van der Waals surface area contributed by atoms with Crippen molar-refractivity contribution in [3.05, 3.63) is 120 Å². The number of H-pyrrole nitrogens is 2. The highest BCUT2D eigenvalue weighted by Gasteiger charge is 2.50. The summed E-state index contributed by atoms with van der Waals surface area (Å²) in [5, 5.41) is 32.7. The van der Waals surface area contributed by atoms with Gasteiger partial charge in [-0.05, 0) is 91.1 Å². The van der Waals surface area contributed by atoms with E-state index in [2.05, 4.69) is 69.9 Å². The molecule has 4 unspecified atom stereocenters. The van der Waals surface area contributed by atoms with E-state index in [4.69, 9.17) is 19.4 Å². The van der Waals surface area contributed by atoms with Gasteiger partial charge in [0.25, 0.3) is 0 Å². The minimum atomic E-state index is -1.59. The number of hydroxylamine groups is 2. The lowest BCUT2D eigenvalue weighted by Gasteiger charge is -2.42. The molecule has 324 valence electrons. The zero-order valence-electron chi connectivity index (χ0n) is 35.6. The first kappa shape index (κ1) is 41.7. The van der Waals surface area contributed by atoms with E-state index in [1.807, 2.05) is 30.3 Å². The smallest absolute Gasteiger partial charge is 0.407 e. The summed E-state index contributed by atoms with van der Waals surface area (Å²) in [4.78, 5) is 56.9. The van der Waals surface area contributed by atoms with Gasteiger partial charge in [0.15, 0.2) is 6.04 Å². The van der Waals surface area contributed by atoms with Gasteiger partial charge in [0.2, 0.25) is 5.91 Å². The molecule has 9 rings (SSSR count). The summed E-state index contributed by atoms with van der Waals surface area (Å²) in [6.45, 7) is 4.33. The molecule has 0 radical (unpaired) electrons. The normalized spacial score (nSPS) is 19.3. The zero-order valence-corrected chi connectivity index (χ0v) is 35.6. The lowest BCUT2D eigenvalue weighted by molar-refractivity contribution is -1.16. The van der Waals surface area contributed by atoms with Gasteiger partial charge in [-0.15, -0.1) is 5.01 Å². The van der Waals surface area contributed by atoms with E-state index in [1.54, 1.807) is 42.1 Å². The van der Waals surface area contributed by atoms with Crippen molar-refractivity contribution in [3.63, 3.8) is 0 Å². The van der Waals surface area contributed by atoms with Crippen molar-refractivity contribution in [2.24, 2.45) is 0 Å². The van der Waals surface area contributed by atoms with E-state index in [1.165, 1.54) is 14.2 Å². The maximum absolute atomic E-state index is 13.8. The largest absolute Gasteiger partial charge is 0.494 e. The SMILES string of the molecule is COC(=O)N[C@H](C(=O)N1CCCC1c1nc2ccc3cc(-c4ccc5cc(-c6cnc(C7CCCN7[N+](O)(C(=O)[O-])C(C)c7ccccc7)[nH]6)ccc5c4)ccc3c2[nH]1)[C@@H](C)OC. The molecule has 3 amide bonds. The van der Waals surface area contributed by atoms with Crippen molar-refractivity contribution in [3.8, 4) is 22.4 Å². The Morgan fingerprint density at radius 1 is 0.825 bits per heavy atom. The van der Waals surface area contributed by atoms with Crippen LogP contribution in [0.25, 0.3) is 55.0 Å². The summed E-state index contributed by atoms with van der Waals surface area (Å²) in [5.74, 6) is 1.04. The lowest BCUT2D eigenvalue weighted by Crippen LogP contribution is -2.66. The fraction of sp³-hybridized carbons (Fsp3) is 0.312. The number of ether oxygens (including phenoxy) is 2. The van der Waals surface area contributed by atoms with Gasteiger partial charge >= 0.3 is 12.2 Å².